The van der Waals surface area contributed by atoms with Gasteiger partial charge in [0.25, 0.3) is 0 Å². The second-order valence-corrected chi connectivity index (χ2v) is 6.68. The van der Waals surface area contributed by atoms with Crippen molar-refractivity contribution in [2.75, 3.05) is 0 Å². The highest BCUT2D eigenvalue weighted by Crippen LogP contribution is 2.65. The van der Waals surface area contributed by atoms with E-state index < -0.39 is 11.2 Å². The number of ether oxygens (including phenoxy) is 1. The van der Waals surface area contributed by atoms with E-state index in [-0.39, 0.29) is 17.8 Å². The first-order valence-electron chi connectivity index (χ1n) is 6.90. The molecule has 0 heterocycles. The quantitative estimate of drug-likeness (QED) is 0.573. The monoisotopic (exact) mass is 250 g/mol. The first-order valence-corrected chi connectivity index (χ1v) is 6.90. The Morgan fingerprint density at radius 3 is 2.78 bits per heavy atom. The lowest BCUT2D eigenvalue weighted by atomic mass is 9.43. The van der Waals surface area contributed by atoms with E-state index in [1.807, 2.05) is 6.92 Å². The van der Waals surface area contributed by atoms with E-state index in [1.165, 1.54) is 12.5 Å². The molecule has 4 fully saturated rings. The standard InChI is InChI=1S/C15H22O3/c1-8-12-5-11-6-13(8)14(4,17)15(7-12,9(11)2)18-10(3)16/h9,11-13,17H,1,5-7H2,2-4H3. The van der Waals surface area contributed by atoms with Gasteiger partial charge in [0.05, 0.1) is 0 Å². The molecule has 3 nitrogen and oxygen atoms in total. The second kappa shape index (κ2) is 3.38. The first-order chi connectivity index (χ1) is 8.29. The van der Waals surface area contributed by atoms with E-state index in [0.29, 0.717) is 11.8 Å². The van der Waals surface area contributed by atoms with Gasteiger partial charge in [-0.25, -0.2) is 0 Å². The summed E-state index contributed by atoms with van der Waals surface area (Å²) >= 11 is 0. The molecule has 0 spiro atoms. The van der Waals surface area contributed by atoms with Crippen molar-refractivity contribution < 1.29 is 14.6 Å². The fourth-order valence-corrected chi connectivity index (χ4v) is 4.95. The number of hydrogen-bond donors (Lipinski definition) is 1. The van der Waals surface area contributed by atoms with Crippen LogP contribution in [0.1, 0.15) is 40.0 Å². The molecule has 0 aliphatic heterocycles. The molecule has 0 radical (unpaired) electrons. The van der Waals surface area contributed by atoms with Gasteiger partial charge in [-0.1, -0.05) is 19.1 Å². The number of carbonyl (C=O) groups excluding carboxylic acids is 1. The average Bonchev–Trinajstić information content (AvgIpc) is 2.25. The van der Waals surface area contributed by atoms with Crippen molar-refractivity contribution in [3.8, 4) is 0 Å². The fourth-order valence-electron chi connectivity index (χ4n) is 4.95. The summed E-state index contributed by atoms with van der Waals surface area (Å²) in [5.74, 6) is 1.01. The molecule has 4 bridgehead atoms. The van der Waals surface area contributed by atoms with Crippen molar-refractivity contribution in [3.05, 3.63) is 12.2 Å². The van der Waals surface area contributed by atoms with E-state index >= 15 is 0 Å². The minimum absolute atomic E-state index is 0.0885. The van der Waals surface area contributed by atoms with Crippen molar-refractivity contribution in [3.63, 3.8) is 0 Å². The van der Waals surface area contributed by atoms with Gasteiger partial charge in [-0.15, -0.1) is 0 Å². The van der Waals surface area contributed by atoms with Crippen molar-refractivity contribution in [1.29, 1.82) is 0 Å². The Morgan fingerprint density at radius 2 is 2.17 bits per heavy atom. The van der Waals surface area contributed by atoms with Crippen LogP contribution in [0.25, 0.3) is 0 Å². The van der Waals surface area contributed by atoms with Crippen LogP contribution in [-0.4, -0.2) is 22.3 Å². The highest BCUT2D eigenvalue weighted by atomic mass is 16.6. The van der Waals surface area contributed by atoms with Gasteiger partial charge in [-0.3, -0.25) is 4.79 Å². The van der Waals surface area contributed by atoms with Crippen molar-refractivity contribution >= 4 is 5.97 Å². The van der Waals surface area contributed by atoms with Gasteiger partial charge in [0.15, 0.2) is 0 Å². The zero-order valence-electron chi connectivity index (χ0n) is 11.4. The third-order valence-electron chi connectivity index (χ3n) is 5.95. The molecule has 6 unspecified atom stereocenters. The Labute approximate surface area is 108 Å². The topological polar surface area (TPSA) is 46.5 Å². The average molecular weight is 250 g/mol. The number of hydrogen-bond acceptors (Lipinski definition) is 3. The Morgan fingerprint density at radius 1 is 1.50 bits per heavy atom. The summed E-state index contributed by atoms with van der Waals surface area (Å²) in [7, 11) is 0. The Balaban J connectivity index is 2.10. The molecule has 3 heteroatoms. The molecule has 18 heavy (non-hydrogen) atoms. The lowest BCUT2D eigenvalue weighted by molar-refractivity contribution is -0.276. The van der Waals surface area contributed by atoms with Crippen molar-refractivity contribution in [2.24, 2.45) is 23.7 Å². The highest BCUT2D eigenvalue weighted by Gasteiger charge is 2.69. The number of esters is 1. The van der Waals surface area contributed by atoms with Crippen LogP contribution in [0.4, 0.5) is 0 Å². The predicted molar refractivity (Wildman–Crippen MR) is 67.7 cm³/mol. The van der Waals surface area contributed by atoms with Gasteiger partial charge in [0, 0.05) is 18.8 Å². The first kappa shape index (κ1) is 12.2. The van der Waals surface area contributed by atoms with Crippen LogP contribution in [0.2, 0.25) is 0 Å². The number of rotatable bonds is 1. The zero-order chi connectivity index (χ0) is 13.3. The van der Waals surface area contributed by atoms with Crippen LogP contribution in [-0.2, 0) is 9.53 Å². The van der Waals surface area contributed by atoms with Gasteiger partial charge >= 0.3 is 5.97 Å². The van der Waals surface area contributed by atoms with E-state index in [2.05, 4.69) is 13.5 Å². The lowest BCUT2D eigenvalue weighted by Crippen LogP contribution is -2.73. The SMILES string of the molecule is C=C1C2CC3CC1C(C)(O)C(OC(C)=O)(C2)C3C. The molecule has 0 aromatic heterocycles. The third kappa shape index (κ3) is 1.21. The minimum atomic E-state index is -0.970. The van der Waals surface area contributed by atoms with Crippen LogP contribution in [0, 0.1) is 23.7 Å². The second-order valence-electron chi connectivity index (χ2n) is 6.68. The highest BCUT2D eigenvalue weighted by molar-refractivity contribution is 5.67. The molecule has 6 atom stereocenters. The van der Waals surface area contributed by atoms with Crippen molar-refractivity contribution in [1.82, 2.24) is 0 Å². The fraction of sp³-hybridized carbons (Fsp3) is 0.800. The van der Waals surface area contributed by atoms with Crippen LogP contribution >= 0.6 is 0 Å². The molecule has 0 aromatic rings. The molecular weight excluding hydrogens is 228 g/mol. The molecular formula is C15H22O3. The maximum atomic E-state index is 11.5. The molecule has 4 rings (SSSR count). The predicted octanol–water partition coefficient (Wildman–Crippen LogP) is 2.29. The smallest absolute Gasteiger partial charge is 0.303 e. The summed E-state index contributed by atoms with van der Waals surface area (Å²) in [5.41, 5.74) is -0.495. The van der Waals surface area contributed by atoms with E-state index in [9.17, 15) is 9.90 Å². The van der Waals surface area contributed by atoms with E-state index in [4.69, 9.17) is 4.74 Å². The summed E-state index contributed by atoms with van der Waals surface area (Å²) in [6.45, 7) is 9.59. The van der Waals surface area contributed by atoms with Crippen LogP contribution in [0.3, 0.4) is 0 Å². The van der Waals surface area contributed by atoms with Gasteiger partial charge in [-0.05, 0) is 38.0 Å². The largest absolute Gasteiger partial charge is 0.456 e. The normalized spacial score (nSPS) is 53.7. The molecule has 100 valence electrons. The number of aliphatic hydroxyl groups is 1. The van der Waals surface area contributed by atoms with Crippen molar-refractivity contribution in [2.45, 2.75) is 51.2 Å². The maximum Gasteiger partial charge on any atom is 0.303 e. The minimum Gasteiger partial charge on any atom is -0.456 e. The van der Waals surface area contributed by atoms with Crippen LogP contribution in [0.5, 0.6) is 0 Å². The summed E-state index contributed by atoms with van der Waals surface area (Å²) in [4.78, 5) is 11.5. The number of carbonyl (C=O) groups is 1. The van der Waals surface area contributed by atoms with Crippen LogP contribution in [0.15, 0.2) is 12.2 Å². The summed E-state index contributed by atoms with van der Waals surface area (Å²) in [6.07, 6.45) is 2.88. The third-order valence-corrected chi connectivity index (χ3v) is 5.95. The summed E-state index contributed by atoms with van der Waals surface area (Å²) in [5, 5.41) is 11.0. The van der Waals surface area contributed by atoms with Gasteiger partial charge < -0.3 is 9.84 Å². The molecule has 0 amide bonds. The molecule has 0 saturated heterocycles. The zero-order valence-corrected chi connectivity index (χ0v) is 11.4. The molecule has 1 N–H and O–H groups in total. The molecule has 4 saturated carbocycles. The maximum absolute atomic E-state index is 11.5. The lowest BCUT2D eigenvalue weighted by Gasteiger charge is -2.66. The summed E-state index contributed by atoms with van der Waals surface area (Å²) < 4.78 is 5.70. The van der Waals surface area contributed by atoms with Gasteiger partial charge in [0.1, 0.15) is 11.2 Å². The Bertz CT molecular complexity index is 425. The van der Waals surface area contributed by atoms with Gasteiger partial charge in [-0.2, -0.15) is 0 Å². The molecule has 4 aliphatic rings. The summed E-state index contributed by atoms with van der Waals surface area (Å²) in [6, 6.07) is 0. The molecule has 0 aromatic carbocycles. The van der Waals surface area contributed by atoms with E-state index in [1.54, 1.807) is 0 Å². The Kier molecular flexibility index (Phi) is 2.30. The van der Waals surface area contributed by atoms with Gasteiger partial charge in [0.2, 0.25) is 0 Å². The van der Waals surface area contributed by atoms with Crippen LogP contribution < -0.4 is 0 Å². The van der Waals surface area contributed by atoms with E-state index in [0.717, 1.165) is 19.3 Å². The Hall–Kier alpha value is -0.830. The molecule has 4 aliphatic carbocycles.